The van der Waals surface area contributed by atoms with E-state index in [2.05, 4.69) is 16.0 Å². The van der Waals surface area contributed by atoms with E-state index in [-0.39, 0.29) is 25.3 Å². The second-order valence-corrected chi connectivity index (χ2v) is 5.72. The average Bonchev–Trinajstić information content (AvgIpc) is 2.66. The molecule has 0 saturated carbocycles. The summed E-state index contributed by atoms with van der Waals surface area (Å²) in [6, 6.07) is 12.4. The van der Waals surface area contributed by atoms with Crippen molar-refractivity contribution in [2.45, 2.75) is 19.0 Å². The van der Waals surface area contributed by atoms with Crippen LogP contribution in [-0.4, -0.2) is 29.6 Å². The number of hydrogen-bond donors (Lipinski definition) is 4. The fourth-order valence-electron chi connectivity index (χ4n) is 2.35. The summed E-state index contributed by atoms with van der Waals surface area (Å²) in [7, 11) is 0. The molecule has 4 N–H and O–H groups in total. The van der Waals surface area contributed by atoms with Gasteiger partial charge in [0.25, 0.3) is 0 Å². The zero-order valence-electron chi connectivity index (χ0n) is 14.4. The number of halogens is 1. The number of nitriles is 1. The molecule has 3 amide bonds. The molecule has 1 unspecified atom stereocenters. The highest BCUT2D eigenvalue weighted by Crippen LogP contribution is 2.11. The molecule has 2 rings (SSSR count). The van der Waals surface area contributed by atoms with Crippen molar-refractivity contribution in [1.29, 1.82) is 5.26 Å². The van der Waals surface area contributed by atoms with Gasteiger partial charge in [-0.05, 0) is 23.8 Å². The summed E-state index contributed by atoms with van der Waals surface area (Å²) >= 11 is 0. The normalized spacial score (nSPS) is 11.1. The number of carbonyl (C=O) groups excluding carboxylic acids is 2. The average molecular weight is 370 g/mol. The van der Waals surface area contributed by atoms with Crippen molar-refractivity contribution in [3.8, 4) is 11.8 Å². The zero-order chi connectivity index (χ0) is 19.6. The van der Waals surface area contributed by atoms with Crippen LogP contribution in [0, 0.1) is 17.1 Å². The molecule has 8 heteroatoms. The number of benzene rings is 2. The number of aromatic hydroxyl groups is 1. The summed E-state index contributed by atoms with van der Waals surface area (Å²) in [6.45, 7) is -0.228. The van der Waals surface area contributed by atoms with Crippen LogP contribution in [-0.2, 0) is 17.8 Å². The van der Waals surface area contributed by atoms with E-state index in [1.165, 1.54) is 18.2 Å². The maximum Gasteiger partial charge on any atom is 0.315 e. The van der Waals surface area contributed by atoms with Crippen molar-refractivity contribution < 1.29 is 19.1 Å². The predicted octanol–water partition coefficient (Wildman–Crippen LogP) is 1.58. The van der Waals surface area contributed by atoms with Gasteiger partial charge in [0, 0.05) is 18.5 Å². The minimum atomic E-state index is -0.941. The highest BCUT2D eigenvalue weighted by Gasteiger charge is 2.21. The maximum absolute atomic E-state index is 13.6. The summed E-state index contributed by atoms with van der Waals surface area (Å²) < 4.78 is 13.6. The summed E-state index contributed by atoms with van der Waals surface area (Å²) in [5, 5.41) is 25.4. The number of urea groups is 1. The first-order chi connectivity index (χ1) is 13.0. The third kappa shape index (κ3) is 6.32. The number of rotatable bonds is 7. The first kappa shape index (κ1) is 19.7. The Morgan fingerprint density at radius 3 is 2.48 bits per heavy atom. The maximum atomic E-state index is 13.6. The third-order valence-electron chi connectivity index (χ3n) is 3.74. The summed E-state index contributed by atoms with van der Waals surface area (Å²) in [4.78, 5) is 24.4. The molecule has 140 valence electrons. The Morgan fingerprint density at radius 1 is 1.11 bits per heavy atom. The molecule has 0 heterocycles. The van der Waals surface area contributed by atoms with Crippen molar-refractivity contribution >= 4 is 11.9 Å². The molecule has 7 nitrogen and oxygen atoms in total. The minimum Gasteiger partial charge on any atom is -0.508 e. The van der Waals surface area contributed by atoms with E-state index in [4.69, 9.17) is 5.26 Å². The quantitative estimate of drug-likeness (QED) is 0.554. The monoisotopic (exact) mass is 370 g/mol. The van der Waals surface area contributed by atoms with Crippen LogP contribution in [0.3, 0.4) is 0 Å². The van der Waals surface area contributed by atoms with E-state index in [0.717, 1.165) is 0 Å². The van der Waals surface area contributed by atoms with Gasteiger partial charge in [-0.2, -0.15) is 5.26 Å². The highest BCUT2D eigenvalue weighted by molar-refractivity contribution is 5.87. The molecular weight excluding hydrogens is 351 g/mol. The number of carbonyl (C=O) groups is 2. The van der Waals surface area contributed by atoms with Crippen LogP contribution in [0.15, 0.2) is 48.5 Å². The molecule has 0 fully saturated rings. The number of nitrogens with one attached hydrogen (secondary N) is 3. The lowest BCUT2D eigenvalue weighted by molar-refractivity contribution is -0.122. The van der Waals surface area contributed by atoms with E-state index in [1.54, 1.807) is 36.4 Å². The van der Waals surface area contributed by atoms with Crippen LogP contribution in [0.4, 0.5) is 9.18 Å². The Labute approximate surface area is 155 Å². The first-order valence-corrected chi connectivity index (χ1v) is 8.20. The highest BCUT2D eigenvalue weighted by atomic mass is 19.1. The van der Waals surface area contributed by atoms with Gasteiger partial charge in [-0.1, -0.05) is 30.3 Å². The SMILES string of the molecule is N#CCNC(=O)C(Cc1ccc(O)cc1)NC(=O)NCc1ccccc1F. The fourth-order valence-corrected chi connectivity index (χ4v) is 2.35. The number of phenolic OH excluding ortho intramolecular Hbond substituents is 1. The molecule has 0 saturated heterocycles. The zero-order valence-corrected chi connectivity index (χ0v) is 14.4. The summed E-state index contributed by atoms with van der Waals surface area (Å²) in [5.41, 5.74) is 1.02. The first-order valence-electron chi connectivity index (χ1n) is 8.20. The molecular formula is C19H19FN4O3. The lowest BCUT2D eigenvalue weighted by Gasteiger charge is -2.18. The van der Waals surface area contributed by atoms with Gasteiger partial charge in [-0.3, -0.25) is 4.79 Å². The van der Waals surface area contributed by atoms with E-state index >= 15 is 0 Å². The number of phenols is 1. The van der Waals surface area contributed by atoms with Crippen molar-refractivity contribution in [3.63, 3.8) is 0 Å². The molecule has 0 spiro atoms. The molecule has 0 aliphatic carbocycles. The van der Waals surface area contributed by atoms with E-state index in [1.807, 2.05) is 0 Å². The van der Waals surface area contributed by atoms with Gasteiger partial charge in [0.1, 0.15) is 24.2 Å². The van der Waals surface area contributed by atoms with E-state index < -0.39 is 23.8 Å². The van der Waals surface area contributed by atoms with Crippen molar-refractivity contribution in [3.05, 3.63) is 65.5 Å². The summed E-state index contributed by atoms with van der Waals surface area (Å²) in [6.07, 6.45) is 0.157. The van der Waals surface area contributed by atoms with Gasteiger partial charge in [0.15, 0.2) is 0 Å². The topological polar surface area (TPSA) is 114 Å². The standard InChI is InChI=1S/C19H19FN4O3/c20-16-4-2-1-3-14(16)12-23-19(27)24-17(18(26)22-10-9-21)11-13-5-7-15(25)8-6-13/h1-8,17,25H,10-12H2,(H,22,26)(H2,23,24,27). The molecule has 0 aliphatic heterocycles. The Morgan fingerprint density at radius 2 is 1.81 bits per heavy atom. The molecule has 0 radical (unpaired) electrons. The smallest absolute Gasteiger partial charge is 0.315 e. The molecule has 0 aromatic heterocycles. The Kier molecular flexibility index (Phi) is 7.14. The second-order valence-electron chi connectivity index (χ2n) is 5.72. The number of nitrogens with zero attached hydrogens (tertiary/aromatic N) is 1. The van der Waals surface area contributed by atoms with Crippen LogP contribution in [0.5, 0.6) is 5.75 Å². The van der Waals surface area contributed by atoms with Crippen molar-refractivity contribution in [1.82, 2.24) is 16.0 Å². The number of amides is 3. The molecule has 2 aromatic carbocycles. The second kappa shape index (κ2) is 9.77. The van der Waals surface area contributed by atoms with Crippen LogP contribution in [0.1, 0.15) is 11.1 Å². The van der Waals surface area contributed by atoms with Crippen LogP contribution in [0.25, 0.3) is 0 Å². The van der Waals surface area contributed by atoms with Crippen LogP contribution in [0.2, 0.25) is 0 Å². The van der Waals surface area contributed by atoms with Crippen molar-refractivity contribution in [2.75, 3.05) is 6.54 Å². The lowest BCUT2D eigenvalue weighted by Crippen LogP contribution is -2.51. The molecule has 2 aromatic rings. The van der Waals surface area contributed by atoms with Gasteiger partial charge >= 0.3 is 6.03 Å². The van der Waals surface area contributed by atoms with E-state index in [0.29, 0.717) is 11.1 Å². The molecule has 0 aliphatic rings. The van der Waals surface area contributed by atoms with Crippen LogP contribution >= 0.6 is 0 Å². The Balaban J connectivity index is 2.00. The van der Waals surface area contributed by atoms with Gasteiger partial charge in [0.05, 0.1) is 6.07 Å². The van der Waals surface area contributed by atoms with Gasteiger partial charge in [0.2, 0.25) is 5.91 Å². The molecule has 27 heavy (non-hydrogen) atoms. The van der Waals surface area contributed by atoms with E-state index in [9.17, 15) is 19.1 Å². The van der Waals surface area contributed by atoms with Gasteiger partial charge in [-0.25, -0.2) is 9.18 Å². The Bertz CT molecular complexity index is 834. The summed E-state index contributed by atoms with van der Waals surface area (Å²) in [5.74, 6) is -0.879. The molecule has 1 atom stereocenters. The number of hydrogen-bond acceptors (Lipinski definition) is 4. The van der Waals surface area contributed by atoms with Crippen LogP contribution < -0.4 is 16.0 Å². The lowest BCUT2D eigenvalue weighted by atomic mass is 10.1. The fraction of sp³-hybridized carbons (Fsp3) is 0.211. The minimum absolute atomic E-state index is 0.0374. The predicted molar refractivity (Wildman–Crippen MR) is 96.0 cm³/mol. The largest absolute Gasteiger partial charge is 0.508 e. The van der Waals surface area contributed by atoms with Crippen molar-refractivity contribution in [2.24, 2.45) is 0 Å². The Hall–Kier alpha value is -3.60. The van der Waals surface area contributed by atoms with Gasteiger partial charge in [-0.15, -0.1) is 0 Å². The third-order valence-corrected chi connectivity index (χ3v) is 3.74. The molecule has 0 bridgehead atoms. The van der Waals surface area contributed by atoms with Gasteiger partial charge < -0.3 is 21.1 Å².